The molecule has 1 fully saturated rings. The van der Waals surface area contributed by atoms with E-state index >= 15 is 0 Å². The summed E-state index contributed by atoms with van der Waals surface area (Å²) >= 11 is 6.21. The number of urea groups is 1. The number of carbonyl (C=O) groups is 2. The second-order valence-corrected chi connectivity index (χ2v) is 7.21. The number of benzene rings is 2. The number of nitrogens with zero attached hydrogens (tertiary/aromatic N) is 1. The van der Waals surface area contributed by atoms with Crippen molar-refractivity contribution >= 4 is 29.2 Å². The summed E-state index contributed by atoms with van der Waals surface area (Å²) in [6.45, 7) is 1.86. The fourth-order valence-corrected chi connectivity index (χ4v) is 3.31. The van der Waals surface area contributed by atoms with Gasteiger partial charge in [-0.25, -0.2) is 4.79 Å². The Kier molecular flexibility index (Phi) is 5.18. The van der Waals surface area contributed by atoms with Crippen LogP contribution in [0.4, 0.5) is 10.5 Å². The van der Waals surface area contributed by atoms with Gasteiger partial charge < -0.3 is 15.5 Å². The van der Waals surface area contributed by atoms with Crippen LogP contribution < -0.4 is 10.6 Å². The van der Waals surface area contributed by atoms with Crippen molar-refractivity contribution in [3.63, 3.8) is 0 Å². The molecule has 1 aliphatic rings. The molecule has 0 radical (unpaired) electrons. The van der Waals surface area contributed by atoms with Crippen LogP contribution in [0.5, 0.6) is 0 Å². The minimum atomic E-state index is -0.254. The second kappa shape index (κ2) is 7.38. The lowest BCUT2D eigenvalue weighted by molar-refractivity contribution is 0.0827. The molecule has 1 saturated carbocycles. The Balaban J connectivity index is 1.59. The first kappa shape index (κ1) is 18.3. The van der Waals surface area contributed by atoms with Crippen LogP contribution >= 0.6 is 11.6 Å². The third kappa shape index (κ3) is 3.99. The lowest BCUT2D eigenvalue weighted by Gasteiger charge is -2.14. The Hall–Kier alpha value is -2.53. The lowest BCUT2D eigenvalue weighted by atomic mass is 10.1. The van der Waals surface area contributed by atoms with Crippen LogP contribution in [-0.2, 0) is 0 Å². The van der Waals surface area contributed by atoms with Crippen LogP contribution in [0.25, 0.3) is 0 Å². The van der Waals surface area contributed by atoms with E-state index in [-0.39, 0.29) is 23.9 Å². The van der Waals surface area contributed by atoms with Gasteiger partial charge in [0.05, 0.1) is 0 Å². The predicted octanol–water partition coefficient (Wildman–Crippen LogP) is 4.03. The van der Waals surface area contributed by atoms with E-state index in [1.807, 2.05) is 31.2 Å². The highest BCUT2D eigenvalue weighted by molar-refractivity contribution is 6.31. The van der Waals surface area contributed by atoms with Crippen LogP contribution in [0.15, 0.2) is 42.5 Å². The highest BCUT2D eigenvalue weighted by Crippen LogP contribution is 2.43. The summed E-state index contributed by atoms with van der Waals surface area (Å²) in [5, 5.41) is 6.53. The number of nitrogens with one attached hydrogen (secondary N) is 2. The number of rotatable bonds is 4. The van der Waals surface area contributed by atoms with E-state index in [0.29, 0.717) is 11.3 Å². The highest BCUT2D eigenvalue weighted by Gasteiger charge is 2.40. The molecular weight excluding hydrogens is 350 g/mol. The lowest BCUT2D eigenvalue weighted by Crippen LogP contribution is -2.31. The van der Waals surface area contributed by atoms with Gasteiger partial charge >= 0.3 is 6.03 Å². The van der Waals surface area contributed by atoms with Crippen molar-refractivity contribution in [1.82, 2.24) is 10.2 Å². The summed E-state index contributed by atoms with van der Waals surface area (Å²) in [7, 11) is 3.43. The van der Waals surface area contributed by atoms with E-state index < -0.39 is 0 Å². The maximum atomic E-state index is 12.2. The summed E-state index contributed by atoms with van der Waals surface area (Å²) in [6.07, 6.45) is 0.881. The van der Waals surface area contributed by atoms with E-state index in [2.05, 4.69) is 10.6 Å². The number of anilines is 1. The largest absolute Gasteiger partial charge is 0.345 e. The number of hydrogen-bond acceptors (Lipinski definition) is 2. The quantitative estimate of drug-likeness (QED) is 0.852. The molecule has 0 bridgehead atoms. The normalized spacial score (nSPS) is 18.2. The highest BCUT2D eigenvalue weighted by atomic mass is 35.5. The SMILES string of the molecule is Cc1cc(NC(=O)N[C@@H]2C[C@H]2c2ccccc2Cl)ccc1C(=O)N(C)C. The van der Waals surface area contributed by atoms with Crippen molar-refractivity contribution in [2.75, 3.05) is 19.4 Å². The molecule has 5 nitrogen and oxygen atoms in total. The van der Waals surface area contributed by atoms with Gasteiger partial charge in [0.15, 0.2) is 0 Å². The van der Waals surface area contributed by atoms with E-state index in [1.54, 1.807) is 32.3 Å². The van der Waals surface area contributed by atoms with Crippen LogP contribution in [0.2, 0.25) is 5.02 Å². The van der Waals surface area contributed by atoms with Gasteiger partial charge in [-0.2, -0.15) is 0 Å². The molecule has 3 amide bonds. The second-order valence-electron chi connectivity index (χ2n) is 6.80. The molecule has 0 spiro atoms. The molecule has 0 aromatic heterocycles. The monoisotopic (exact) mass is 371 g/mol. The maximum Gasteiger partial charge on any atom is 0.319 e. The van der Waals surface area contributed by atoms with Gasteiger partial charge in [-0.05, 0) is 48.7 Å². The van der Waals surface area contributed by atoms with Crippen LogP contribution in [0, 0.1) is 6.92 Å². The molecule has 1 aliphatic carbocycles. The molecule has 0 aliphatic heterocycles. The van der Waals surface area contributed by atoms with Crippen LogP contribution in [0.1, 0.15) is 33.8 Å². The fourth-order valence-electron chi connectivity index (χ4n) is 3.03. The molecule has 2 aromatic rings. The molecule has 6 heteroatoms. The molecule has 2 N–H and O–H groups in total. The Morgan fingerprint density at radius 2 is 1.88 bits per heavy atom. The van der Waals surface area contributed by atoms with E-state index in [1.165, 1.54) is 4.90 Å². The number of hydrogen-bond donors (Lipinski definition) is 2. The molecule has 26 heavy (non-hydrogen) atoms. The van der Waals surface area contributed by atoms with Crippen molar-refractivity contribution < 1.29 is 9.59 Å². The third-order valence-corrected chi connectivity index (χ3v) is 4.88. The van der Waals surface area contributed by atoms with Crippen molar-refractivity contribution in [1.29, 1.82) is 0 Å². The zero-order valence-corrected chi connectivity index (χ0v) is 15.8. The third-order valence-electron chi connectivity index (χ3n) is 4.53. The molecule has 0 heterocycles. The van der Waals surface area contributed by atoms with Gasteiger partial charge in [-0.1, -0.05) is 29.8 Å². The Morgan fingerprint density at radius 3 is 2.54 bits per heavy atom. The topological polar surface area (TPSA) is 61.4 Å². The first-order valence-electron chi connectivity index (χ1n) is 8.51. The summed E-state index contributed by atoms with van der Waals surface area (Å²) < 4.78 is 0. The first-order valence-corrected chi connectivity index (χ1v) is 8.89. The summed E-state index contributed by atoms with van der Waals surface area (Å²) in [6, 6.07) is 12.8. The van der Waals surface area contributed by atoms with Crippen molar-refractivity contribution in [2.24, 2.45) is 0 Å². The number of aryl methyl sites for hydroxylation is 1. The fraction of sp³-hybridized carbons (Fsp3) is 0.300. The summed E-state index contributed by atoms with van der Waals surface area (Å²) in [4.78, 5) is 25.8. The van der Waals surface area contributed by atoms with Gasteiger partial charge in [0, 0.05) is 42.3 Å². The molecule has 2 aromatic carbocycles. The Bertz CT molecular complexity index is 851. The molecule has 3 rings (SSSR count). The van der Waals surface area contributed by atoms with Crippen molar-refractivity contribution in [2.45, 2.75) is 25.3 Å². The Morgan fingerprint density at radius 1 is 1.15 bits per heavy atom. The number of carbonyl (C=O) groups excluding carboxylic acids is 2. The summed E-state index contributed by atoms with van der Waals surface area (Å²) in [5.41, 5.74) is 3.18. The van der Waals surface area contributed by atoms with Gasteiger partial charge in [0.2, 0.25) is 0 Å². The van der Waals surface area contributed by atoms with Gasteiger partial charge in [-0.15, -0.1) is 0 Å². The zero-order valence-electron chi connectivity index (χ0n) is 15.0. The average molecular weight is 372 g/mol. The van der Waals surface area contributed by atoms with Crippen LogP contribution in [0.3, 0.4) is 0 Å². The van der Waals surface area contributed by atoms with Crippen molar-refractivity contribution in [3.05, 3.63) is 64.2 Å². The Labute approximate surface area is 158 Å². The molecule has 2 atom stereocenters. The molecular formula is C20H22ClN3O2. The number of halogens is 1. The molecule has 136 valence electrons. The van der Waals surface area contributed by atoms with Gasteiger partial charge in [0.25, 0.3) is 5.91 Å². The summed E-state index contributed by atoms with van der Waals surface area (Å²) in [5.74, 6) is 0.204. The van der Waals surface area contributed by atoms with Gasteiger partial charge in [-0.3, -0.25) is 4.79 Å². The predicted molar refractivity (Wildman–Crippen MR) is 104 cm³/mol. The van der Waals surface area contributed by atoms with Crippen molar-refractivity contribution in [3.8, 4) is 0 Å². The zero-order chi connectivity index (χ0) is 18.8. The average Bonchev–Trinajstić information content (AvgIpc) is 3.33. The first-order chi connectivity index (χ1) is 12.4. The maximum absolute atomic E-state index is 12.2. The number of amides is 3. The molecule has 0 unspecified atom stereocenters. The minimum Gasteiger partial charge on any atom is -0.345 e. The minimum absolute atomic E-state index is 0.0564. The van der Waals surface area contributed by atoms with E-state index in [4.69, 9.17) is 11.6 Å². The van der Waals surface area contributed by atoms with E-state index in [0.717, 1.165) is 22.6 Å². The standard InChI is InChI=1S/C20H22ClN3O2/c1-12-10-13(8-9-14(12)19(25)24(2)3)22-20(26)23-18-11-16(18)15-6-4-5-7-17(15)21/h4-10,16,18H,11H2,1-3H3,(H2,22,23,26)/t16-,18+/m0/s1. The van der Waals surface area contributed by atoms with Crippen LogP contribution in [-0.4, -0.2) is 37.0 Å². The molecule has 0 saturated heterocycles. The van der Waals surface area contributed by atoms with Gasteiger partial charge in [0.1, 0.15) is 0 Å². The van der Waals surface area contributed by atoms with E-state index in [9.17, 15) is 9.59 Å². The smallest absolute Gasteiger partial charge is 0.319 e.